The number of rotatable bonds is 8. The van der Waals surface area contributed by atoms with Crippen LogP contribution in [0, 0.1) is 17.6 Å². The maximum absolute atomic E-state index is 14.8. The molecule has 8 heteroatoms. The summed E-state index contributed by atoms with van der Waals surface area (Å²) in [7, 11) is 0. The van der Waals surface area contributed by atoms with Gasteiger partial charge in [-0.05, 0) is 59.6 Å². The molecular formula is C28H29F2N5O. The highest BCUT2D eigenvalue weighted by Gasteiger charge is 2.23. The van der Waals surface area contributed by atoms with Gasteiger partial charge in [0.05, 0.1) is 12.9 Å². The summed E-state index contributed by atoms with van der Waals surface area (Å²) in [6.07, 6.45) is 11.7. The Morgan fingerprint density at radius 1 is 0.944 bits per heavy atom. The Bertz CT molecular complexity index is 1250. The van der Waals surface area contributed by atoms with Crippen LogP contribution in [0.1, 0.15) is 30.9 Å². The maximum atomic E-state index is 14.8. The molecule has 0 N–H and O–H groups in total. The molecule has 2 aromatic heterocycles. The van der Waals surface area contributed by atoms with E-state index in [1.165, 1.54) is 12.1 Å². The summed E-state index contributed by atoms with van der Waals surface area (Å²) in [4.78, 5) is 15.1. The molecule has 1 fully saturated rings. The molecule has 1 aliphatic heterocycles. The Kier molecular flexibility index (Phi) is 7.21. The Hall–Kier alpha value is -3.81. The van der Waals surface area contributed by atoms with Gasteiger partial charge in [-0.2, -0.15) is 0 Å². The van der Waals surface area contributed by atoms with Crippen molar-refractivity contribution in [3.63, 3.8) is 0 Å². The Morgan fingerprint density at radius 2 is 1.64 bits per heavy atom. The van der Waals surface area contributed by atoms with Crippen molar-refractivity contribution in [1.82, 2.24) is 19.5 Å². The smallest absolute Gasteiger partial charge is 0.225 e. The first-order chi connectivity index (χ1) is 17.6. The van der Waals surface area contributed by atoms with Gasteiger partial charge in [-0.25, -0.2) is 23.7 Å². The van der Waals surface area contributed by atoms with Crippen molar-refractivity contribution < 1.29 is 13.5 Å². The van der Waals surface area contributed by atoms with Gasteiger partial charge in [0.2, 0.25) is 5.95 Å². The zero-order valence-corrected chi connectivity index (χ0v) is 20.3. The van der Waals surface area contributed by atoms with Crippen LogP contribution in [0.5, 0.6) is 5.75 Å². The van der Waals surface area contributed by atoms with Gasteiger partial charge in [0.25, 0.3) is 0 Å². The number of aromatic nitrogens is 4. The SMILES string of the molecule is CCc1cnc(N2CCC(COc3c(F)cc(-c4ccc(Cn5ccnc5)cc4)cc3F)CC2)nc1. The van der Waals surface area contributed by atoms with E-state index in [4.69, 9.17) is 4.74 Å². The van der Waals surface area contributed by atoms with Crippen molar-refractivity contribution in [1.29, 1.82) is 0 Å². The molecule has 0 unspecified atom stereocenters. The summed E-state index contributed by atoms with van der Waals surface area (Å²) in [5.41, 5.74) is 3.41. The molecule has 0 saturated carbocycles. The second kappa shape index (κ2) is 10.8. The summed E-state index contributed by atoms with van der Waals surface area (Å²) >= 11 is 0. The van der Waals surface area contributed by atoms with E-state index in [-0.39, 0.29) is 18.3 Å². The predicted molar refractivity (Wildman–Crippen MR) is 135 cm³/mol. The quantitative estimate of drug-likeness (QED) is 0.326. The molecule has 2 aromatic carbocycles. The van der Waals surface area contributed by atoms with Crippen molar-refractivity contribution in [2.45, 2.75) is 32.7 Å². The number of anilines is 1. The largest absolute Gasteiger partial charge is 0.487 e. The van der Waals surface area contributed by atoms with Gasteiger partial charge < -0.3 is 14.2 Å². The molecule has 0 aliphatic carbocycles. The maximum Gasteiger partial charge on any atom is 0.225 e. The number of ether oxygens (including phenoxy) is 1. The molecule has 6 nitrogen and oxygen atoms in total. The third-order valence-electron chi connectivity index (χ3n) is 6.67. The standard InChI is InChI=1S/C28H29F2N5O/c1-2-20-15-32-28(33-16-20)35-10-7-22(8-11-35)18-36-27-25(29)13-24(14-26(27)30)23-5-3-21(4-6-23)17-34-12-9-31-19-34/h3-6,9,12-16,19,22H,2,7-8,10-11,17-18H2,1H3. The molecule has 186 valence electrons. The van der Waals surface area contributed by atoms with E-state index in [0.717, 1.165) is 55.0 Å². The summed E-state index contributed by atoms with van der Waals surface area (Å²) in [5, 5.41) is 0. The number of hydrogen-bond donors (Lipinski definition) is 0. The van der Waals surface area contributed by atoms with E-state index >= 15 is 0 Å². The fraction of sp³-hybridized carbons (Fsp3) is 0.321. The monoisotopic (exact) mass is 489 g/mol. The fourth-order valence-corrected chi connectivity index (χ4v) is 4.45. The lowest BCUT2D eigenvalue weighted by molar-refractivity contribution is 0.207. The van der Waals surface area contributed by atoms with E-state index in [1.807, 2.05) is 47.4 Å². The molecule has 1 saturated heterocycles. The van der Waals surface area contributed by atoms with E-state index in [9.17, 15) is 8.78 Å². The highest BCUT2D eigenvalue weighted by molar-refractivity contribution is 5.65. The second-order valence-electron chi connectivity index (χ2n) is 9.19. The Morgan fingerprint density at radius 3 is 2.25 bits per heavy atom. The van der Waals surface area contributed by atoms with Crippen molar-refractivity contribution in [3.05, 3.63) is 90.3 Å². The van der Waals surface area contributed by atoms with Crippen molar-refractivity contribution in [2.24, 2.45) is 5.92 Å². The molecule has 0 amide bonds. The molecule has 0 bridgehead atoms. The highest BCUT2D eigenvalue weighted by atomic mass is 19.1. The Labute approximate surface area is 209 Å². The summed E-state index contributed by atoms with van der Waals surface area (Å²) in [5.74, 6) is -0.730. The van der Waals surface area contributed by atoms with Crippen LogP contribution in [-0.2, 0) is 13.0 Å². The average Bonchev–Trinajstić information content (AvgIpc) is 3.42. The van der Waals surface area contributed by atoms with Gasteiger partial charge in [-0.1, -0.05) is 31.2 Å². The van der Waals surface area contributed by atoms with Crippen LogP contribution in [0.2, 0.25) is 0 Å². The average molecular weight is 490 g/mol. The number of imidazole rings is 1. The van der Waals surface area contributed by atoms with Crippen LogP contribution >= 0.6 is 0 Å². The number of hydrogen-bond acceptors (Lipinski definition) is 5. The minimum atomic E-state index is -0.686. The van der Waals surface area contributed by atoms with Gasteiger partial charge in [-0.3, -0.25) is 0 Å². The number of benzene rings is 2. The number of halogens is 2. The zero-order valence-electron chi connectivity index (χ0n) is 20.3. The van der Waals surface area contributed by atoms with Crippen LogP contribution in [0.4, 0.5) is 14.7 Å². The molecule has 3 heterocycles. The minimum Gasteiger partial charge on any atom is -0.487 e. The van der Waals surface area contributed by atoms with Crippen LogP contribution in [0.15, 0.2) is 67.5 Å². The second-order valence-corrected chi connectivity index (χ2v) is 9.19. The zero-order chi connectivity index (χ0) is 24.9. The van der Waals surface area contributed by atoms with Crippen molar-refractivity contribution in [3.8, 4) is 16.9 Å². The number of piperidine rings is 1. The van der Waals surface area contributed by atoms with Crippen LogP contribution in [0.25, 0.3) is 11.1 Å². The first kappa shape index (κ1) is 23.9. The van der Waals surface area contributed by atoms with Gasteiger partial charge >= 0.3 is 0 Å². The summed E-state index contributed by atoms with van der Waals surface area (Å²) in [6.45, 7) is 4.62. The van der Waals surface area contributed by atoms with Gasteiger partial charge in [0.1, 0.15) is 0 Å². The van der Waals surface area contributed by atoms with E-state index in [0.29, 0.717) is 12.1 Å². The summed E-state index contributed by atoms with van der Waals surface area (Å²) < 4.78 is 37.3. The summed E-state index contributed by atoms with van der Waals surface area (Å²) in [6, 6.07) is 10.3. The van der Waals surface area contributed by atoms with E-state index < -0.39 is 11.6 Å². The molecule has 1 aliphatic rings. The lowest BCUT2D eigenvalue weighted by Gasteiger charge is -2.31. The van der Waals surface area contributed by atoms with Crippen LogP contribution in [-0.4, -0.2) is 39.2 Å². The van der Waals surface area contributed by atoms with Gasteiger partial charge in [-0.15, -0.1) is 0 Å². The van der Waals surface area contributed by atoms with E-state index in [2.05, 4.69) is 26.8 Å². The molecule has 36 heavy (non-hydrogen) atoms. The van der Waals surface area contributed by atoms with Gasteiger partial charge in [0.15, 0.2) is 17.4 Å². The Balaban J connectivity index is 1.17. The van der Waals surface area contributed by atoms with Crippen molar-refractivity contribution >= 4 is 5.95 Å². The third kappa shape index (κ3) is 5.53. The van der Waals surface area contributed by atoms with Gasteiger partial charge in [0, 0.05) is 44.4 Å². The molecule has 0 atom stereocenters. The molecule has 5 rings (SSSR count). The number of aryl methyl sites for hydroxylation is 1. The molecule has 0 spiro atoms. The first-order valence-electron chi connectivity index (χ1n) is 12.3. The minimum absolute atomic E-state index is 0.220. The third-order valence-corrected chi connectivity index (χ3v) is 6.67. The highest BCUT2D eigenvalue weighted by Crippen LogP contribution is 2.30. The molecule has 4 aromatic rings. The van der Waals surface area contributed by atoms with Crippen LogP contribution < -0.4 is 9.64 Å². The lowest BCUT2D eigenvalue weighted by Crippen LogP contribution is -2.36. The molecule has 0 radical (unpaired) electrons. The topological polar surface area (TPSA) is 56.1 Å². The fourth-order valence-electron chi connectivity index (χ4n) is 4.45. The van der Waals surface area contributed by atoms with Crippen LogP contribution in [0.3, 0.4) is 0 Å². The number of nitrogens with zero attached hydrogens (tertiary/aromatic N) is 5. The molecular weight excluding hydrogens is 460 g/mol. The first-order valence-corrected chi connectivity index (χ1v) is 12.3. The predicted octanol–water partition coefficient (Wildman–Crippen LogP) is 5.52. The normalized spacial score (nSPS) is 14.2. The lowest BCUT2D eigenvalue weighted by atomic mass is 9.98. The van der Waals surface area contributed by atoms with Crippen molar-refractivity contribution in [2.75, 3.05) is 24.6 Å². The van der Waals surface area contributed by atoms with E-state index in [1.54, 1.807) is 12.5 Å².